The Bertz CT molecular complexity index is 569. The fourth-order valence-corrected chi connectivity index (χ4v) is 3.28. The average molecular weight is 304 g/mol. The third-order valence-corrected chi connectivity index (χ3v) is 4.49. The maximum Gasteiger partial charge on any atom is 0.217 e. The van der Waals surface area contributed by atoms with Crippen LogP contribution < -0.4 is 10.1 Å². The molecule has 2 fully saturated rings. The molecule has 1 amide bonds. The van der Waals surface area contributed by atoms with Crippen molar-refractivity contribution in [2.45, 2.75) is 44.7 Å². The number of carbonyl (C=O) groups is 1. The summed E-state index contributed by atoms with van der Waals surface area (Å²) in [6, 6.07) is 4.29. The minimum Gasteiger partial charge on any atom is -0.504 e. The van der Waals surface area contributed by atoms with Crippen molar-refractivity contribution in [1.29, 1.82) is 0 Å². The third kappa shape index (κ3) is 3.35. The number of amides is 1. The normalized spacial score (nSPS) is 21.8. The molecule has 0 spiro atoms. The van der Waals surface area contributed by atoms with Crippen LogP contribution in [-0.4, -0.2) is 42.2 Å². The van der Waals surface area contributed by atoms with Crippen LogP contribution in [0.3, 0.4) is 0 Å². The Morgan fingerprint density at radius 3 is 2.82 bits per heavy atom. The maximum atomic E-state index is 11.1. The van der Waals surface area contributed by atoms with Gasteiger partial charge >= 0.3 is 0 Å². The van der Waals surface area contributed by atoms with E-state index in [1.54, 1.807) is 14.0 Å². The van der Waals surface area contributed by atoms with Gasteiger partial charge in [0.25, 0.3) is 0 Å². The predicted molar refractivity (Wildman–Crippen MR) is 84.1 cm³/mol. The van der Waals surface area contributed by atoms with Gasteiger partial charge in [0.1, 0.15) is 0 Å². The van der Waals surface area contributed by atoms with E-state index in [-0.39, 0.29) is 11.9 Å². The number of hydrogen-bond acceptors (Lipinski definition) is 4. The number of likely N-dealkylation sites (tertiary alicyclic amines) is 1. The summed E-state index contributed by atoms with van der Waals surface area (Å²) in [5.41, 5.74) is 2.19. The number of hydrogen-bond donors (Lipinski definition) is 2. The van der Waals surface area contributed by atoms with Gasteiger partial charge in [0.2, 0.25) is 5.91 Å². The van der Waals surface area contributed by atoms with Gasteiger partial charge in [-0.3, -0.25) is 9.69 Å². The van der Waals surface area contributed by atoms with Gasteiger partial charge in [0, 0.05) is 38.2 Å². The number of carbonyl (C=O) groups excluding carboxylic acids is 1. The largest absolute Gasteiger partial charge is 0.504 e. The quantitative estimate of drug-likeness (QED) is 0.873. The second kappa shape index (κ2) is 6.16. The molecule has 1 heterocycles. The minimum atomic E-state index is 0.0363. The molecule has 1 saturated heterocycles. The molecule has 1 saturated carbocycles. The Balaban J connectivity index is 1.70. The molecular weight excluding hydrogens is 280 g/mol. The predicted octanol–water partition coefficient (Wildman–Crippen LogP) is 1.99. The van der Waals surface area contributed by atoms with Crippen molar-refractivity contribution in [3.63, 3.8) is 0 Å². The van der Waals surface area contributed by atoms with Gasteiger partial charge in [-0.05, 0) is 36.8 Å². The van der Waals surface area contributed by atoms with Crippen LogP contribution in [0.1, 0.15) is 43.2 Å². The van der Waals surface area contributed by atoms with Crippen LogP contribution in [0.4, 0.5) is 0 Å². The van der Waals surface area contributed by atoms with Crippen molar-refractivity contribution in [3.8, 4) is 11.5 Å². The molecule has 1 aromatic rings. The molecule has 1 aliphatic carbocycles. The molecule has 0 radical (unpaired) electrons. The summed E-state index contributed by atoms with van der Waals surface area (Å²) in [6.45, 7) is 4.25. The van der Waals surface area contributed by atoms with Crippen molar-refractivity contribution < 1.29 is 14.6 Å². The highest BCUT2D eigenvalue weighted by Crippen LogP contribution is 2.47. The zero-order valence-corrected chi connectivity index (χ0v) is 13.3. The lowest BCUT2D eigenvalue weighted by Crippen LogP contribution is -2.35. The fourth-order valence-electron chi connectivity index (χ4n) is 3.28. The first-order valence-corrected chi connectivity index (χ1v) is 7.96. The van der Waals surface area contributed by atoms with Crippen molar-refractivity contribution in [3.05, 3.63) is 23.3 Å². The van der Waals surface area contributed by atoms with Crippen molar-refractivity contribution >= 4 is 5.91 Å². The van der Waals surface area contributed by atoms with Gasteiger partial charge in [-0.1, -0.05) is 6.07 Å². The number of ether oxygens (including phenoxy) is 1. The first-order valence-electron chi connectivity index (χ1n) is 7.96. The first-order chi connectivity index (χ1) is 10.6. The Labute approximate surface area is 131 Å². The van der Waals surface area contributed by atoms with Crippen molar-refractivity contribution in [2.75, 3.05) is 20.2 Å². The zero-order valence-electron chi connectivity index (χ0n) is 13.3. The lowest BCUT2D eigenvalue weighted by Gasteiger charge is -2.18. The molecule has 2 aliphatic rings. The van der Waals surface area contributed by atoms with Gasteiger partial charge in [-0.2, -0.15) is 0 Å². The Morgan fingerprint density at radius 1 is 1.41 bits per heavy atom. The molecular formula is C17H24N2O3. The second-order valence-electron chi connectivity index (χ2n) is 6.43. The highest BCUT2D eigenvalue weighted by Gasteiger charge is 2.29. The summed E-state index contributed by atoms with van der Waals surface area (Å²) in [7, 11) is 1.60. The van der Waals surface area contributed by atoms with Crippen molar-refractivity contribution in [1.82, 2.24) is 10.2 Å². The lowest BCUT2D eigenvalue weighted by molar-refractivity contribution is -0.119. The molecule has 5 nitrogen and oxygen atoms in total. The zero-order chi connectivity index (χ0) is 15.7. The van der Waals surface area contributed by atoms with Gasteiger partial charge in [-0.15, -0.1) is 0 Å². The van der Waals surface area contributed by atoms with E-state index in [9.17, 15) is 9.90 Å². The van der Waals surface area contributed by atoms with Crippen LogP contribution in [0.15, 0.2) is 12.1 Å². The van der Waals surface area contributed by atoms with E-state index < -0.39 is 0 Å². The highest BCUT2D eigenvalue weighted by molar-refractivity contribution is 5.73. The highest BCUT2D eigenvalue weighted by atomic mass is 16.5. The molecule has 0 aromatic heterocycles. The minimum absolute atomic E-state index is 0.0363. The summed E-state index contributed by atoms with van der Waals surface area (Å²) in [6.07, 6.45) is 3.28. The number of nitrogens with one attached hydrogen (secondary N) is 1. The second-order valence-corrected chi connectivity index (χ2v) is 6.43. The van der Waals surface area contributed by atoms with Gasteiger partial charge in [-0.25, -0.2) is 0 Å². The van der Waals surface area contributed by atoms with Gasteiger partial charge < -0.3 is 15.2 Å². The molecule has 1 atom stereocenters. The number of methoxy groups -OCH3 is 1. The van der Waals surface area contributed by atoms with Crippen molar-refractivity contribution in [2.24, 2.45) is 0 Å². The maximum absolute atomic E-state index is 11.1. The summed E-state index contributed by atoms with van der Waals surface area (Å²) < 4.78 is 5.32. The number of benzene rings is 1. The van der Waals surface area contributed by atoms with Crippen LogP contribution in [0.2, 0.25) is 0 Å². The number of rotatable bonds is 5. The van der Waals surface area contributed by atoms with E-state index >= 15 is 0 Å². The molecule has 120 valence electrons. The van der Waals surface area contributed by atoms with E-state index in [0.29, 0.717) is 17.4 Å². The van der Waals surface area contributed by atoms with E-state index in [2.05, 4.69) is 16.3 Å². The molecule has 1 unspecified atom stereocenters. The Hall–Kier alpha value is -1.75. The molecule has 0 bridgehead atoms. The standard InChI is InChI=1S/C17H24N2O3/c1-11(20)18-14-5-6-19(10-14)9-12-7-15(13-3-4-13)17(21)16(8-12)22-2/h7-8,13-14,21H,3-6,9-10H2,1-2H3,(H,18,20). The number of aromatic hydroxyl groups is 1. The molecule has 3 rings (SSSR count). The molecule has 1 aliphatic heterocycles. The van der Waals surface area contributed by atoms with Gasteiger partial charge in [0.05, 0.1) is 7.11 Å². The number of phenols is 1. The molecule has 22 heavy (non-hydrogen) atoms. The Morgan fingerprint density at radius 2 is 2.18 bits per heavy atom. The summed E-state index contributed by atoms with van der Waals surface area (Å²) in [5.74, 6) is 1.39. The van der Waals surface area contributed by atoms with Crippen LogP contribution in [0.5, 0.6) is 11.5 Å². The molecule has 5 heteroatoms. The topological polar surface area (TPSA) is 61.8 Å². The SMILES string of the molecule is COc1cc(CN2CCC(NC(C)=O)C2)cc(C2CC2)c1O. The summed E-state index contributed by atoms with van der Waals surface area (Å²) >= 11 is 0. The van der Waals surface area contributed by atoms with Crippen LogP contribution in [-0.2, 0) is 11.3 Å². The first kappa shape index (κ1) is 15.2. The smallest absolute Gasteiger partial charge is 0.217 e. The van der Waals surface area contributed by atoms with Gasteiger partial charge in [0.15, 0.2) is 11.5 Å². The number of phenolic OH excluding ortho intramolecular Hbond substituents is 1. The van der Waals surface area contributed by atoms with E-state index in [1.165, 1.54) is 5.56 Å². The van der Waals surface area contributed by atoms with Crippen LogP contribution in [0, 0.1) is 0 Å². The monoisotopic (exact) mass is 304 g/mol. The lowest BCUT2D eigenvalue weighted by atomic mass is 10.0. The van der Waals surface area contributed by atoms with Crippen LogP contribution >= 0.6 is 0 Å². The third-order valence-electron chi connectivity index (χ3n) is 4.49. The Kier molecular flexibility index (Phi) is 4.25. The summed E-state index contributed by atoms with van der Waals surface area (Å²) in [4.78, 5) is 13.5. The summed E-state index contributed by atoms with van der Waals surface area (Å²) in [5, 5.41) is 13.2. The molecule has 1 aromatic carbocycles. The average Bonchev–Trinajstić information content (AvgIpc) is 3.22. The fraction of sp³-hybridized carbons (Fsp3) is 0.588. The number of nitrogens with zero attached hydrogens (tertiary/aromatic N) is 1. The van der Waals surface area contributed by atoms with Crippen LogP contribution in [0.25, 0.3) is 0 Å². The van der Waals surface area contributed by atoms with E-state index in [4.69, 9.17) is 4.74 Å². The van der Waals surface area contributed by atoms with E-state index in [0.717, 1.165) is 44.5 Å². The molecule has 2 N–H and O–H groups in total. The van der Waals surface area contributed by atoms with E-state index in [1.807, 2.05) is 6.07 Å².